The standard InChI is InChI=1S/C23H26ClNO4S2/c1-2-3-12-30-15-19(14-27-13-17-8-10-18(24)11-9-17)28-22(26)16-31-23-25-20-6-4-5-7-21(20)29-23/h4-11,19H,2-3,12-16H2,1H3. The van der Waals surface area contributed by atoms with E-state index >= 15 is 0 Å². The highest BCUT2D eigenvalue weighted by atomic mass is 35.5. The Hall–Kier alpha value is -1.67. The Bertz CT molecular complexity index is 915. The average Bonchev–Trinajstić information content (AvgIpc) is 3.19. The molecule has 31 heavy (non-hydrogen) atoms. The number of aromatic nitrogens is 1. The quantitative estimate of drug-likeness (QED) is 0.163. The Morgan fingerprint density at radius 3 is 2.77 bits per heavy atom. The zero-order chi connectivity index (χ0) is 21.9. The minimum Gasteiger partial charge on any atom is -0.458 e. The summed E-state index contributed by atoms with van der Waals surface area (Å²) in [5.41, 5.74) is 2.51. The summed E-state index contributed by atoms with van der Waals surface area (Å²) in [4.78, 5) is 16.8. The molecule has 0 fully saturated rings. The SMILES string of the molecule is CCCCSCC(COCc1ccc(Cl)cc1)OC(=O)CSc1nc2ccccc2o1. The molecule has 0 saturated heterocycles. The maximum Gasteiger partial charge on any atom is 0.316 e. The van der Waals surface area contributed by atoms with E-state index in [-0.39, 0.29) is 17.8 Å². The molecule has 0 radical (unpaired) electrons. The normalized spacial score (nSPS) is 12.2. The average molecular weight is 480 g/mol. The molecule has 5 nitrogen and oxygen atoms in total. The van der Waals surface area contributed by atoms with Gasteiger partial charge in [0.1, 0.15) is 17.4 Å². The summed E-state index contributed by atoms with van der Waals surface area (Å²) < 4.78 is 17.1. The second kappa shape index (κ2) is 13.0. The molecule has 0 aliphatic heterocycles. The van der Waals surface area contributed by atoms with E-state index in [1.54, 1.807) is 11.8 Å². The molecule has 1 atom stereocenters. The molecule has 166 valence electrons. The molecule has 0 aliphatic carbocycles. The first-order chi connectivity index (χ1) is 15.1. The highest BCUT2D eigenvalue weighted by Crippen LogP contribution is 2.23. The summed E-state index contributed by atoms with van der Waals surface area (Å²) in [6.45, 7) is 2.96. The molecule has 0 bridgehead atoms. The molecule has 0 amide bonds. The number of thioether (sulfide) groups is 2. The van der Waals surface area contributed by atoms with Gasteiger partial charge in [0, 0.05) is 10.8 Å². The molecule has 0 aliphatic rings. The number of hydrogen-bond donors (Lipinski definition) is 0. The monoisotopic (exact) mass is 479 g/mol. The number of carbonyl (C=O) groups is 1. The molecule has 8 heteroatoms. The fourth-order valence-electron chi connectivity index (χ4n) is 2.72. The van der Waals surface area contributed by atoms with Crippen LogP contribution in [0.2, 0.25) is 5.02 Å². The number of rotatable bonds is 13. The second-order valence-electron chi connectivity index (χ2n) is 6.92. The van der Waals surface area contributed by atoms with Crippen molar-refractivity contribution >= 4 is 52.2 Å². The molecule has 0 N–H and O–H groups in total. The molecule has 1 aromatic heterocycles. The first kappa shape index (κ1) is 24.0. The van der Waals surface area contributed by atoms with Gasteiger partial charge in [-0.15, -0.1) is 0 Å². The lowest BCUT2D eigenvalue weighted by molar-refractivity contribution is -0.147. The van der Waals surface area contributed by atoms with Crippen molar-refractivity contribution in [2.75, 3.05) is 23.9 Å². The number of hydrogen-bond acceptors (Lipinski definition) is 7. The molecule has 2 aromatic carbocycles. The van der Waals surface area contributed by atoms with E-state index in [2.05, 4.69) is 11.9 Å². The van der Waals surface area contributed by atoms with Gasteiger partial charge in [-0.05, 0) is 42.0 Å². The fraction of sp³-hybridized carbons (Fsp3) is 0.391. The Labute approximate surface area is 196 Å². The number of oxazole rings is 1. The van der Waals surface area contributed by atoms with Crippen LogP contribution in [-0.2, 0) is 20.9 Å². The number of nitrogens with zero attached hydrogens (tertiary/aromatic N) is 1. The summed E-state index contributed by atoms with van der Waals surface area (Å²) in [5, 5.41) is 1.16. The van der Waals surface area contributed by atoms with Crippen molar-refractivity contribution in [3.63, 3.8) is 0 Å². The van der Waals surface area contributed by atoms with Crippen molar-refractivity contribution in [2.45, 2.75) is 37.7 Å². The van der Waals surface area contributed by atoms with Crippen LogP contribution in [0.1, 0.15) is 25.3 Å². The highest BCUT2D eigenvalue weighted by Gasteiger charge is 2.17. The fourth-order valence-corrected chi connectivity index (χ4v) is 4.55. The van der Waals surface area contributed by atoms with Gasteiger partial charge in [0.05, 0.1) is 13.2 Å². The number of benzene rings is 2. The summed E-state index contributed by atoms with van der Waals surface area (Å²) in [7, 11) is 0. The minimum absolute atomic E-state index is 0.139. The van der Waals surface area contributed by atoms with Gasteiger partial charge in [-0.3, -0.25) is 4.79 Å². The van der Waals surface area contributed by atoms with Crippen molar-refractivity contribution in [3.05, 3.63) is 59.1 Å². The zero-order valence-corrected chi connectivity index (χ0v) is 19.8. The summed E-state index contributed by atoms with van der Waals surface area (Å²) in [6.07, 6.45) is 1.99. The van der Waals surface area contributed by atoms with Gasteiger partial charge in [0.25, 0.3) is 5.22 Å². The number of ether oxygens (including phenoxy) is 2. The van der Waals surface area contributed by atoms with Crippen molar-refractivity contribution in [1.82, 2.24) is 4.98 Å². The Balaban J connectivity index is 1.47. The first-order valence-corrected chi connectivity index (χ1v) is 12.7. The second-order valence-corrected chi connectivity index (χ2v) is 9.43. The van der Waals surface area contributed by atoms with E-state index in [1.165, 1.54) is 11.8 Å². The van der Waals surface area contributed by atoms with Gasteiger partial charge in [-0.25, -0.2) is 4.98 Å². The van der Waals surface area contributed by atoms with Gasteiger partial charge in [-0.1, -0.05) is 61.0 Å². The van der Waals surface area contributed by atoms with E-state index in [4.69, 9.17) is 25.5 Å². The van der Waals surface area contributed by atoms with E-state index in [0.29, 0.717) is 34.8 Å². The van der Waals surface area contributed by atoms with Crippen molar-refractivity contribution in [2.24, 2.45) is 0 Å². The van der Waals surface area contributed by atoms with Crippen LogP contribution in [0.15, 0.2) is 58.2 Å². The number of unbranched alkanes of at least 4 members (excludes halogenated alkanes) is 1. The van der Waals surface area contributed by atoms with Crippen LogP contribution < -0.4 is 0 Å². The third-order valence-corrected chi connectivity index (χ3v) is 6.56. The lowest BCUT2D eigenvalue weighted by Crippen LogP contribution is -2.27. The smallest absolute Gasteiger partial charge is 0.316 e. The van der Waals surface area contributed by atoms with E-state index in [1.807, 2.05) is 48.5 Å². The van der Waals surface area contributed by atoms with Crippen molar-refractivity contribution in [3.8, 4) is 0 Å². The van der Waals surface area contributed by atoms with E-state index in [0.717, 1.165) is 29.7 Å². The van der Waals surface area contributed by atoms with Crippen LogP contribution in [0.4, 0.5) is 0 Å². The summed E-state index contributed by atoms with van der Waals surface area (Å²) >= 11 is 8.94. The molecule has 0 saturated carbocycles. The molecular weight excluding hydrogens is 454 g/mol. The Morgan fingerprint density at radius 1 is 1.19 bits per heavy atom. The third kappa shape index (κ3) is 8.41. The molecular formula is C23H26ClNO4S2. The summed E-state index contributed by atoms with van der Waals surface area (Å²) in [5.74, 6) is 1.59. The number of para-hydroxylation sites is 2. The molecule has 0 spiro atoms. The Kier molecular flexibility index (Phi) is 10.1. The van der Waals surface area contributed by atoms with E-state index < -0.39 is 0 Å². The van der Waals surface area contributed by atoms with Crippen molar-refractivity contribution < 1.29 is 18.7 Å². The van der Waals surface area contributed by atoms with Crippen LogP contribution in [0.5, 0.6) is 0 Å². The third-order valence-electron chi connectivity index (χ3n) is 4.32. The number of esters is 1. The van der Waals surface area contributed by atoms with Gasteiger partial charge < -0.3 is 13.9 Å². The van der Waals surface area contributed by atoms with E-state index in [9.17, 15) is 4.79 Å². The van der Waals surface area contributed by atoms with Gasteiger partial charge in [0.2, 0.25) is 0 Å². The van der Waals surface area contributed by atoms with Crippen LogP contribution in [0, 0.1) is 0 Å². The first-order valence-electron chi connectivity index (χ1n) is 10.2. The van der Waals surface area contributed by atoms with Crippen LogP contribution in [-0.4, -0.2) is 40.9 Å². The predicted octanol–water partition coefficient (Wildman–Crippen LogP) is 6.24. The molecule has 3 aromatic rings. The van der Waals surface area contributed by atoms with Crippen LogP contribution in [0.25, 0.3) is 11.1 Å². The number of fused-ring (bicyclic) bond motifs is 1. The lowest BCUT2D eigenvalue weighted by Gasteiger charge is -2.18. The minimum atomic E-state index is -0.302. The van der Waals surface area contributed by atoms with Crippen molar-refractivity contribution in [1.29, 1.82) is 0 Å². The topological polar surface area (TPSA) is 61.6 Å². The number of halogens is 1. The molecule has 3 rings (SSSR count). The van der Waals surface area contributed by atoms with Crippen LogP contribution in [0.3, 0.4) is 0 Å². The largest absolute Gasteiger partial charge is 0.458 e. The summed E-state index contributed by atoms with van der Waals surface area (Å²) in [6, 6.07) is 15.0. The Morgan fingerprint density at radius 2 is 2.00 bits per heavy atom. The van der Waals surface area contributed by atoms with Gasteiger partial charge >= 0.3 is 5.97 Å². The molecule has 1 heterocycles. The molecule has 1 unspecified atom stereocenters. The maximum atomic E-state index is 12.4. The number of carbonyl (C=O) groups excluding carboxylic acids is 1. The van der Waals surface area contributed by atoms with Gasteiger partial charge in [-0.2, -0.15) is 11.8 Å². The maximum absolute atomic E-state index is 12.4. The lowest BCUT2D eigenvalue weighted by atomic mass is 10.2. The van der Waals surface area contributed by atoms with Gasteiger partial charge in [0.15, 0.2) is 5.58 Å². The highest BCUT2D eigenvalue weighted by molar-refractivity contribution is 7.99. The zero-order valence-electron chi connectivity index (χ0n) is 17.4. The van der Waals surface area contributed by atoms with Crippen LogP contribution >= 0.6 is 35.1 Å². The predicted molar refractivity (Wildman–Crippen MR) is 128 cm³/mol.